The first-order chi connectivity index (χ1) is 12.7. The van der Waals surface area contributed by atoms with Gasteiger partial charge >= 0.3 is 0 Å². The Balaban J connectivity index is 1.83. The van der Waals surface area contributed by atoms with Crippen molar-refractivity contribution in [1.82, 2.24) is 10.4 Å². The number of amidine groups is 1. The van der Waals surface area contributed by atoms with Crippen molar-refractivity contribution in [2.75, 3.05) is 7.11 Å². The Hall–Kier alpha value is -3.54. The normalized spacial score (nSPS) is 13.0. The second-order valence-electron chi connectivity index (χ2n) is 5.66. The molecular weight excluding hydrogens is 331 g/mol. The third-order valence-corrected chi connectivity index (χ3v) is 4.02. The van der Waals surface area contributed by atoms with Gasteiger partial charge in [0.15, 0.2) is 5.84 Å². The number of aromatic nitrogens is 1. The van der Waals surface area contributed by atoms with Gasteiger partial charge in [0, 0.05) is 29.1 Å². The Kier molecular flexibility index (Phi) is 4.15. The number of aliphatic imine (C=N–C) groups is 1. The van der Waals surface area contributed by atoms with Crippen LogP contribution < -0.4 is 10.2 Å². The fraction of sp³-hybridized carbons (Fsp3) is 0.0500. The molecule has 128 valence electrons. The summed E-state index contributed by atoms with van der Waals surface area (Å²) in [6.45, 7) is 0. The van der Waals surface area contributed by atoms with Crippen molar-refractivity contribution in [3.05, 3.63) is 89.5 Å². The molecule has 5 nitrogen and oxygen atoms in total. The fourth-order valence-corrected chi connectivity index (χ4v) is 2.71. The molecule has 1 N–H and O–H groups in total. The van der Waals surface area contributed by atoms with Gasteiger partial charge in [-0.25, -0.2) is 9.38 Å². The van der Waals surface area contributed by atoms with Gasteiger partial charge in [-0.05, 0) is 54.6 Å². The van der Waals surface area contributed by atoms with Crippen molar-refractivity contribution < 1.29 is 9.13 Å². The molecule has 1 aromatic heterocycles. The molecule has 1 aliphatic heterocycles. The molecule has 0 unspecified atom stereocenters. The predicted molar refractivity (Wildman–Crippen MR) is 98.6 cm³/mol. The molecular formula is C20H15FN4O. The van der Waals surface area contributed by atoms with E-state index in [0.717, 1.165) is 16.9 Å². The Labute approximate surface area is 149 Å². The highest BCUT2D eigenvalue weighted by atomic mass is 19.1. The standard InChI is InChI=1S/C20H15FN4O/c1-26-16-7-4-13(5-8-16)20-23-18-9-6-15(21)11-17(18)19(24-25-20)14-3-2-10-22-12-14/h2-12H,1H3,(H,23,25). The van der Waals surface area contributed by atoms with Crippen LogP contribution in [0, 0.1) is 5.82 Å². The highest BCUT2D eigenvalue weighted by Crippen LogP contribution is 2.26. The van der Waals surface area contributed by atoms with Gasteiger partial charge in [-0.1, -0.05) is 0 Å². The lowest BCUT2D eigenvalue weighted by Gasteiger charge is -2.07. The molecule has 2 heterocycles. The van der Waals surface area contributed by atoms with E-state index in [2.05, 4.69) is 20.5 Å². The zero-order valence-electron chi connectivity index (χ0n) is 14.0. The maximum absolute atomic E-state index is 13.9. The molecule has 0 radical (unpaired) electrons. The number of hydrogen-bond acceptors (Lipinski definition) is 5. The van der Waals surface area contributed by atoms with E-state index in [0.29, 0.717) is 22.8 Å². The minimum absolute atomic E-state index is 0.344. The quantitative estimate of drug-likeness (QED) is 0.787. The fourth-order valence-electron chi connectivity index (χ4n) is 2.71. The number of nitrogens with zero attached hydrogens (tertiary/aromatic N) is 3. The monoisotopic (exact) mass is 346 g/mol. The molecule has 2 aromatic carbocycles. The van der Waals surface area contributed by atoms with Gasteiger partial charge in [-0.2, -0.15) is 5.10 Å². The van der Waals surface area contributed by atoms with E-state index >= 15 is 0 Å². The number of hydrazone groups is 1. The van der Waals surface area contributed by atoms with E-state index in [1.807, 2.05) is 36.4 Å². The highest BCUT2D eigenvalue weighted by Gasteiger charge is 2.18. The summed E-state index contributed by atoms with van der Waals surface area (Å²) >= 11 is 0. The van der Waals surface area contributed by atoms with Crippen LogP contribution in [0.15, 0.2) is 77.1 Å². The SMILES string of the molecule is COc1ccc(C2=Nc3ccc(F)cc3C(c3cccnc3)=NN2)cc1. The van der Waals surface area contributed by atoms with Crippen LogP contribution in [0.2, 0.25) is 0 Å². The molecule has 4 rings (SSSR count). The summed E-state index contributed by atoms with van der Waals surface area (Å²) in [6.07, 6.45) is 3.37. The average molecular weight is 346 g/mol. The van der Waals surface area contributed by atoms with Crippen molar-refractivity contribution in [2.45, 2.75) is 0 Å². The van der Waals surface area contributed by atoms with Gasteiger partial charge in [-0.15, -0.1) is 0 Å². The number of pyridine rings is 1. The van der Waals surface area contributed by atoms with Crippen LogP contribution in [0.4, 0.5) is 10.1 Å². The van der Waals surface area contributed by atoms with E-state index in [9.17, 15) is 4.39 Å². The number of rotatable bonds is 3. The number of fused-ring (bicyclic) bond motifs is 1. The molecule has 0 saturated heterocycles. The van der Waals surface area contributed by atoms with Gasteiger partial charge in [0.05, 0.1) is 12.8 Å². The van der Waals surface area contributed by atoms with Crippen LogP contribution in [-0.2, 0) is 0 Å². The van der Waals surface area contributed by atoms with E-state index in [1.165, 1.54) is 12.1 Å². The lowest BCUT2D eigenvalue weighted by molar-refractivity contribution is 0.415. The molecule has 1 aliphatic rings. The second-order valence-corrected chi connectivity index (χ2v) is 5.66. The van der Waals surface area contributed by atoms with Crippen molar-refractivity contribution in [3.63, 3.8) is 0 Å². The van der Waals surface area contributed by atoms with Gasteiger partial charge in [0.2, 0.25) is 0 Å². The van der Waals surface area contributed by atoms with Crippen molar-refractivity contribution in [1.29, 1.82) is 0 Å². The minimum atomic E-state index is -0.344. The van der Waals surface area contributed by atoms with Gasteiger partial charge < -0.3 is 4.74 Å². The lowest BCUT2D eigenvalue weighted by Crippen LogP contribution is -2.19. The second kappa shape index (κ2) is 6.76. The third-order valence-electron chi connectivity index (χ3n) is 4.02. The largest absolute Gasteiger partial charge is 0.497 e. The smallest absolute Gasteiger partial charge is 0.154 e. The number of nitrogens with one attached hydrogen (secondary N) is 1. The molecule has 0 aliphatic carbocycles. The molecule has 0 atom stereocenters. The Morgan fingerprint density at radius 3 is 2.58 bits per heavy atom. The van der Waals surface area contributed by atoms with Crippen molar-refractivity contribution in [3.8, 4) is 5.75 Å². The molecule has 26 heavy (non-hydrogen) atoms. The number of ether oxygens (including phenoxy) is 1. The van der Waals surface area contributed by atoms with Crippen LogP contribution >= 0.6 is 0 Å². The average Bonchev–Trinajstić information content (AvgIpc) is 2.88. The lowest BCUT2D eigenvalue weighted by atomic mass is 10.0. The predicted octanol–water partition coefficient (Wildman–Crippen LogP) is 3.66. The molecule has 3 aromatic rings. The van der Waals surface area contributed by atoms with Gasteiger partial charge in [-0.3, -0.25) is 10.4 Å². The van der Waals surface area contributed by atoms with Gasteiger partial charge in [0.25, 0.3) is 0 Å². The Bertz CT molecular complexity index is 998. The van der Waals surface area contributed by atoms with E-state index in [-0.39, 0.29) is 5.82 Å². The van der Waals surface area contributed by atoms with Crippen LogP contribution in [0.5, 0.6) is 5.75 Å². The summed E-state index contributed by atoms with van der Waals surface area (Å²) < 4.78 is 19.1. The number of halogens is 1. The minimum Gasteiger partial charge on any atom is -0.497 e. The Morgan fingerprint density at radius 2 is 1.85 bits per heavy atom. The maximum Gasteiger partial charge on any atom is 0.154 e. The molecule has 0 bridgehead atoms. The first-order valence-corrected chi connectivity index (χ1v) is 8.02. The molecule has 0 saturated carbocycles. The zero-order chi connectivity index (χ0) is 17.9. The number of benzene rings is 2. The first-order valence-electron chi connectivity index (χ1n) is 8.02. The summed E-state index contributed by atoms with van der Waals surface area (Å²) in [7, 11) is 1.62. The number of methoxy groups -OCH3 is 1. The summed E-state index contributed by atoms with van der Waals surface area (Å²) in [4.78, 5) is 8.77. The summed E-state index contributed by atoms with van der Waals surface area (Å²) in [5, 5.41) is 4.47. The van der Waals surface area contributed by atoms with Gasteiger partial charge in [0.1, 0.15) is 17.3 Å². The van der Waals surface area contributed by atoms with Crippen molar-refractivity contribution in [2.24, 2.45) is 10.1 Å². The summed E-state index contributed by atoms with van der Waals surface area (Å²) in [5.41, 5.74) is 6.44. The number of hydrogen-bond donors (Lipinski definition) is 1. The molecule has 0 fully saturated rings. The molecule has 6 heteroatoms. The highest BCUT2D eigenvalue weighted by molar-refractivity contribution is 6.17. The van der Waals surface area contributed by atoms with Crippen LogP contribution in [0.3, 0.4) is 0 Å². The molecule has 0 amide bonds. The van der Waals surface area contributed by atoms with E-state index in [4.69, 9.17) is 4.74 Å². The van der Waals surface area contributed by atoms with Crippen LogP contribution in [0.25, 0.3) is 0 Å². The Morgan fingerprint density at radius 1 is 1.00 bits per heavy atom. The van der Waals surface area contributed by atoms with Crippen LogP contribution in [-0.4, -0.2) is 23.6 Å². The summed E-state index contributed by atoms with van der Waals surface area (Å²) in [5.74, 6) is 0.979. The van der Waals surface area contributed by atoms with E-state index < -0.39 is 0 Å². The topological polar surface area (TPSA) is 58.9 Å². The molecule has 0 spiro atoms. The first kappa shape index (κ1) is 16.0. The van der Waals surface area contributed by atoms with E-state index in [1.54, 1.807) is 25.6 Å². The zero-order valence-corrected chi connectivity index (χ0v) is 14.0. The van der Waals surface area contributed by atoms with Crippen LogP contribution in [0.1, 0.15) is 16.7 Å². The van der Waals surface area contributed by atoms with Crippen molar-refractivity contribution >= 4 is 17.2 Å². The summed E-state index contributed by atoms with van der Waals surface area (Å²) in [6, 6.07) is 15.6. The third kappa shape index (κ3) is 3.04. The maximum atomic E-state index is 13.9.